The van der Waals surface area contributed by atoms with Gasteiger partial charge in [-0.25, -0.2) is 8.78 Å². The van der Waals surface area contributed by atoms with Crippen LogP contribution in [0.5, 0.6) is 0 Å². The van der Waals surface area contributed by atoms with Crippen LogP contribution in [0.15, 0.2) is 12.3 Å². The van der Waals surface area contributed by atoms with E-state index in [0.29, 0.717) is 18.5 Å². The van der Waals surface area contributed by atoms with Gasteiger partial charge in [-0.3, -0.25) is 9.88 Å². The molecule has 0 N–H and O–H groups in total. The van der Waals surface area contributed by atoms with Crippen molar-refractivity contribution in [1.29, 1.82) is 0 Å². The third-order valence-corrected chi connectivity index (χ3v) is 3.33. The Morgan fingerprint density at radius 1 is 1.35 bits per heavy atom. The number of nitrogens with zero attached hydrogens (tertiary/aromatic N) is 2. The van der Waals surface area contributed by atoms with Crippen molar-refractivity contribution < 1.29 is 22.0 Å². The number of pyridine rings is 1. The van der Waals surface area contributed by atoms with E-state index >= 15 is 0 Å². The first-order chi connectivity index (χ1) is 9.17. The Bertz CT molecular complexity index is 484. The molecule has 0 radical (unpaired) electrons. The van der Waals surface area contributed by atoms with Crippen molar-refractivity contribution in [3.8, 4) is 0 Å². The highest BCUT2D eigenvalue weighted by molar-refractivity contribution is 5.27. The predicted molar refractivity (Wildman–Crippen MR) is 63.4 cm³/mol. The van der Waals surface area contributed by atoms with Crippen molar-refractivity contribution in [2.75, 3.05) is 13.1 Å². The van der Waals surface area contributed by atoms with E-state index in [9.17, 15) is 22.0 Å². The van der Waals surface area contributed by atoms with Crippen LogP contribution >= 0.6 is 0 Å². The van der Waals surface area contributed by atoms with Gasteiger partial charge in [-0.15, -0.1) is 0 Å². The highest BCUT2D eigenvalue weighted by Crippen LogP contribution is 2.32. The fourth-order valence-electron chi connectivity index (χ4n) is 2.39. The topological polar surface area (TPSA) is 16.1 Å². The number of piperidine rings is 1. The summed E-state index contributed by atoms with van der Waals surface area (Å²) in [6.45, 7) is 1.39. The van der Waals surface area contributed by atoms with E-state index in [-0.39, 0.29) is 18.7 Å². The van der Waals surface area contributed by atoms with Crippen molar-refractivity contribution in [2.24, 2.45) is 0 Å². The first-order valence-electron chi connectivity index (χ1n) is 6.30. The predicted octanol–water partition coefficient (Wildman–Crippen LogP) is 3.64. The molecule has 0 unspecified atom stereocenters. The lowest BCUT2D eigenvalue weighted by Gasteiger charge is -2.32. The third kappa shape index (κ3) is 3.65. The minimum absolute atomic E-state index is 0.0615. The quantitative estimate of drug-likeness (QED) is 0.774. The van der Waals surface area contributed by atoms with Gasteiger partial charge in [-0.1, -0.05) is 0 Å². The van der Waals surface area contributed by atoms with Crippen LogP contribution in [0.2, 0.25) is 0 Å². The largest absolute Gasteiger partial charge is 0.418 e. The van der Waals surface area contributed by atoms with E-state index in [4.69, 9.17) is 0 Å². The maximum Gasteiger partial charge on any atom is 0.418 e. The molecule has 112 valence electrons. The second-order valence-electron chi connectivity index (χ2n) is 5.14. The molecule has 1 fully saturated rings. The standard InChI is InChI=1S/C13H15F5N2/c1-9-11(13(16,17)18)5-10(6-19-9)7-20-4-2-3-12(14,15)8-20/h5-6H,2-4,7-8H2,1H3. The second-order valence-corrected chi connectivity index (χ2v) is 5.14. The van der Waals surface area contributed by atoms with Gasteiger partial charge in [0.1, 0.15) is 0 Å². The molecule has 0 saturated carbocycles. The summed E-state index contributed by atoms with van der Waals surface area (Å²) in [7, 11) is 0. The molecule has 20 heavy (non-hydrogen) atoms. The van der Waals surface area contributed by atoms with Gasteiger partial charge in [0.05, 0.1) is 12.1 Å². The third-order valence-electron chi connectivity index (χ3n) is 3.33. The lowest BCUT2D eigenvalue weighted by atomic mass is 10.1. The molecule has 2 heterocycles. The maximum atomic E-state index is 13.3. The van der Waals surface area contributed by atoms with Crippen LogP contribution < -0.4 is 0 Å². The zero-order chi connectivity index (χ0) is 15.0. The maximum absolute atomic E-state index is 13.3. The summed E-state index contributed by atoms with van der Waals surface area (Å²) < 4.78 is 64.8. The Kier molecular flexibility index (Phi) is 4.00. The molecular formula is C13H15F5N2. The summed E-state index contributed by atoms with van der Waals surface area (Å²) in [5.41, 5.74) is -0.607. The van der Waals surface area contributed by atoms with Crippen LogP contribution in [0.25, 0.3) is 0 Å². The lowest BCUT2D eigenvalue weighted by Crippen LogP contribution is -2.42. The number of aromatic nitrogens is 1. The van der Waals surface area contributed by atoms with Crippen LogP contribution in [0.3, 0.4) is 0 Å². The Balaban J connectivity index is 2.14. The van der Waals surface area contributed by atoms with E-state index in [0.717, 1.165) is 6.07 Å². The monoisotopic (exact) mass is 294 g/mol. The van der Waals surface area contributed by atoms with E-state index in [1.165, 1.54) is 18.0 Å². The molecule has 7 heteroatoms. The van der Waals surface area contributed by atoms with E-state index in [2.05, 4.69) is 4.98 Å². The number of aryl methyl sites for hydroxylation is 1. The summed E-state index contributed by atoms with van der Waals surface area (Å²) in [5.74, 6) is -2.76. The molecule has 0 amide bonds. The Labute approximate surface area is 113 Å². The van der Waals surface area contributed by atoms with Crippen LogP contribution in [0, 0.1) is 6.92 Å². The van der Waals surface area contributed by atoms with Gasteiger partial charge in [0.2, 0.25) is 0 Å². The smallest absolute Gasteiger partial charge is 0.293 e. The number of alkyl halides is 5. The highest BCUT2D eigenvalue weighted by atomic mass is 19.4. The summed E-state index contributed by atoms with van der Waals surface area (Å²) in [4.78, 5) is 5.18. The first kappa shape index (κ1) is 15.2. The number of likely N-dealkylation sites (tertiary alicyclic amines) is 1. The van der Waals surface area contributed by atoms with Gasteiger partial charge >= 0.3 is 6.18 Å². The molecule has 0 aromatic carbocycles. The molecule has 1 aromatic rings. The Hall–Kier alpha value is -1.24. The summed E-state index contributed by atoms with van der Waals surface area (Å²) in [6, 6.07) is 0.995. The molecule has 1 saturated heterocycles. The zero-order valence-electron chi connectivity index (χ0n) is 11.0. The van der Waals surface area contributed by atoms with Crippen LogP contribution in [-0.4, -0.2) is 28.9 Å². The lowest BCUT2D eigenvalue weighted by molar-refractivity contribution is -0.138. The molecule has 1 aliphatic heterocycles. The van der Waals surface area contributed by atoms with Gasteiger partial charge in [0.15, 0.2) is 0 Å². The molecule has 0 aliphatic carbocycles. The molecule has 0 spiro atoms. The van der Waals surface area contributed by atoms with Crippen molar-refractivity contribution >= 4 is 0 Å². The molecule has 2 nitrogen and oxygen atoms in total. The van der Waals surface area contributed by atoms with Crippen molar-refractivity contribution in [1.82, 2.24) is 9.88 Å². The minimum Gasteiger partial charge on any atom is -0.293 e. The highest BCUT2D eigenvalue weighted by Gasteiger charge is 2.36. The summed E-state index contributed by atoms with van der Waals surface area (Å²) in [5, 5.41) is 0. The van der Waals surface area contributed by atoms with Crippen LogP contribution in [0.4, 0.5) is 22.0 Å². The van der Waals surface area contributed by atoms with Crippen molar-refractivity contribution in [2.45, 2.75) is 38.4 Å². The minimum atomic E-state index is -4.47. The number of hydrogen-bond acceptors (Lipinski definition) is 2. The molecule has 2 rings (SSSR count). The second kappa shape index (κ2) is 5.27. The molecule has 1 aliphatic rings. The average molecular weight is 294 g/mol. The van der Waals surface area contributed by atoms with Gasteiger partial charge < -0.3 is 0 Å². The Morgan fingerprint density at radius 3 is 2.65 bits per heavy atom. The molecule has 0 bridgehead atoms. The molecular weight excluding hydrogens is 279 g/mol. The fourth-order valence-corrected chi connectivity index (χ4v) is 2.39. The molecule has 0 atom stereocenters. The summed E-state index contributed by atoms with van der Waals surface area (Å²) in [6.07, 6.45) is -2.97. The molecule has 1 aromatic heterocycles. The SMILES string of the molecule is Cc1ncc(CN2CCCC(F)(F)C2)cc1C(F)(F)F. The van der Waals surface area contributed by atoms with Gasteiger partial charge in [0, 0.05) is 24.9 Å². The van der Waals surface area contributed by atoms with Gasteiger partial charge in [-0.2, -0.15) is 13.2 Å². The number of halogens is 5. The van der Waals surface area contributed by atoms with Crippen LogP contribution in [0.1, 0.15) is 29.7 Å². The van der Waals surface area contributed by atoms with Gasteiger partial charge in [0.25, 0.3) is 5.92 Å². The average Bonchev–Trinajstić information content (AvgIpc) is 2.29. The number of rotatable bonds is 2. The van der Waals surface area contributed by atoms with E-state index < -0.39 is 24.2 Å². The van der Waals surface area contributed by atoms with Crippen molar-refractivity contribution in [3.05, 3.63) is 29.1 Å². The zero-order valence-corrected chi connectivity index (χ0v) is 11.0. The Morgan fingerprint density at radius 2 is 2.05 bits per heavy atom. The number of hydrogen-bond donors (Lipinski definition) is 0. The van der Waals surface area contributed by atoms with E-state index in [1.807, 2.05) is 0 Å². The van der Waals surface area contributed by atoms with E-state index in [1.54, 1.807) is 0 Å². The fraction of sp³-hybridized carbons (Fsp3) is 0.615. The van der Waals surface area contributed by atoms with Gasteiger partial charge in [-0.05, 0) is 31.5 Å². The first-order valence-corrected chi connectivity index (χ1v) is 6.30. The normalized spacial score (nSPS) is 20.1. The summed E-state index contributed by atoms with van der Waals surface area (Å²) >= 11 is 0. The van der Waals surface area contributed by atoms with Crippen molar-refractivity contribution in [3.63, 3.8) is 0 Å². The van der Waals surface area contributed by atoms with Crippen LogP contribution in [-0.2, 0) is 12.7 Å².